The minimum Gasteiger partial charge on any atom is -0.488 e. The third kappa shape index (κ3) is 6.33. The van der Waals surface area contributed by atoms with Crippen LogP contribution in [0.15, 0.2) is 47.4 Å². The first-order chi connectivity index (χ1) is 16.7. The van der Waals surface area contributed by atoms with Gasteiger partial charge >= 0.3 is 0 Å². The monoisotopic (exact) mass is 543 g/mol. The molecule has 1 heterocycles. The molecule has 36 heavy (non-hydrogen) atoms. The van der Waals surface area contributed by atoms with E-state index in [-0.39, 0.29) is 47.5 Å². The van der Waals surface area contributed by atoms with Crippen LogP contribution in [0.5, 0.6) is 5.75 Å². The number of aliphatic hydroxyl groups excluding tert-OH is 1. The molecular formula is C23H30FN3O7S2. The predicted octanol–water partition coefficient (Wildman–Crippen LogP) is 1.74. The van der Waals surface area contributed by atoms with Gasteiger partial charge in [-0.2, -0.15) is 4.31 Å². The molecule has 0 aromatic heterocycles. The standard InChI is InChI=1S/C23H30FN3O7S2/c1-15-12-27(16(2)14-28)23(29)20-11-18(25-35(4,30)31)7-10-21(20)34-22(15)13-26(3)36(32,33)19-8-5-17(24)6-9-19/h5-11,15-16,22,25,28H,12-14H2,1-4H3/t15-,16-,22-/m0/s1. The number of carbonyl (C=O) groups is 1. The number of aliphatic hydroxyl groups is 1. The minimum atomic E-state index is -3.96. The molecule has 3 atom stereocenters. The highest BCUT2D eigenvalue weighted by Crippen LogP contribution is 2.31. The van der Waals surface area contributed by atoms with Crippen molar-refractivity contribution in [2.75, 3.05) is 37.7 Å². The van der Waals surface area contributed by atoms with Crippen LogP contribution in [-0.4, -0.2) is 82.2 Å². The second-order valence-corrected chi connectivity index (χ2v) is 12.7. The van der Waals surface area contributed by atoms with Crippen molar-refractivity contribution in [3.8, 4) is 5.75 Å². The van der Waals surface area contributed by atoms with Gasteiger partial charge in [0, 0.05) is 25.2 Å². The first kappa shape index (κ1) is 27.8. The quantitative estimate of drug-likeness (QED) is 0.518. The van der Waals surface area contributed by atoms with E-state index in [1.165, 1.54) is 42.3 Å². The van der Waals surface area contributed by atoms with Gasteiger partial charge in [0.05, 0.1) is 35.9 Å². The summed E-state index contributed by atoms with van der Waals surface area (Å²) in [4.78, 5) is 14.8. The smallest absolute Gasteiger partial charge is 0.258 e. The van der Waals surface area contributed by atoms with E-state index >= 15 is 0 Å². The predicted molar refractivity (Wildman–Crippen MR) is 132 cm³/mol. The molecule has 1 aliphatic heterocycles. The number of fused-ring (bicyclic) bond motifs is 1. The van der Waals surface area contributed by atoms with Crippen molar-refractivity contribution in [2.24, 2.45) is 5.92 Å². The fourth-order valence-electron chi connectivity index (χ4n) is 3.86. The van der Waals surface area contributed by atoms with Gasteiger partial charge in [-0.15, -0.1) is 0 Å². The molecule has 0 bridgehead atoms. The molecule has 0 spiro atoms. The van der Waals surface area contributed by atoms with Crippen LogP contribution in [0.3, 0.4) is 0 Å². The maximum absolute atomic E-state index is 13.4. The molecule has 0 saturated carbocycles. The van der Waals surface area contributed by atoms with E-state index in [4.69, 9.17) is 4.74 Å². The van der Waals surface area contributed by atoms with E-state index in [1.54, 1.807) is 13.8 Å². The Morgan fingerprint density at radius 1 is 1.19 bits per heavy atom. The highest BCUT2D eigenvalue weighted by atomic mass is 32.2. The van der Waals surface area contributed by atoms with Crippen molar-refractivity contribution in [1.82, 2.24) is 9.21 Å². The number of sulfonamides is 2. The Labute approximate surface area is 210 Å². The Kier molecular flexibility index (Phi) is 8.28. The van der Waals surface area contributed by atoms with Crippen molar-refractivity contribution in [3.05, 3.63) is 53.8 Å². The first-order valence-electron chi connectivity index (χ1n) is 11.1. The lowest BCUT2D eigenvalue weighted by Crippen LogP contribution is -2.50. The molecular weight excluding hydrogens is 513 g/mol. The number of nitrogens with one attached hydrogen (secondary N) is 1. The van der Waals surface area contributed by atoms with Crippen molar-refractivity contribution in [3.63, 3.8) is 0 Å². The first-order valence-corrected chi connectivity index (χ1v) is 14.5. The van der Waals surface area contributed by atoms with E-state index < -0.39 is 43.9 Å². The average molecular weight is 544 g/mol. The highest BCUT2D eigenvalue weighted by Gasteiger charge is 2.35. The summed E-state index contributed by atoms with van der Waals surface area (Å²) in [5, 5.41) is 9.74. The van der Waals surface area contributed by atoms with Crippen molar-refractivity contribution in [2.45, 2.75) is 30.9 Å². The normalized spacial score (nSPS) is 19.8. The van der Waals surface area contributed by atoms with Crippen LogP contribution >= 0.6 is 0 Å². The molecule has 2 aromatic carbocycles. The van der Waals surface area contributed by atoms with Gasteiger partial charge in [-0.05, 0) is 49.4 Å². The van der Waals surface area contributed by atoms with Gasteiger partial charge < -0.3 is 14.7 Å². The molecule has 3 rings (SSSR count). The van der Waals surface area contributed by atoms with Gasteiger partial charge in [0.2, 0.25) is 20.0 Å². The van der Waals surface area contributed by atoms with Crippen LogP contribution in [0.4, 0.5) is 10.1 Å². The second-order valence-electron chi connectivity index (χ2n) is 8.95. The van der Waals surface area contributed by atoms with Gasteiger partial charge in [-0.25, -0.2) is 21.2 Å². The number of halogens is 1. The van der Waals surface area contributed by atoms with Crippen LogP contribution in [0.2, 0.25) is 0 Å². The fraction of sp³-hybridized carbons (Fsp3) is 0.435. The van der Waals surface area contributed by atoms with Crippen LogP contribution in [0, 0.1) is 11.7 Å². The maximum atomic E-state index is 13.4. The molecule has 1 amide bonds. The number of carbonyl (C=O) groups excluding carboxylic acids is 1. The number of anilines is 1. The van der Waals surface area contributed by atoms with Crippen LogP contribution in [0.1, 0.15) is 24.2 Å². The zero-order chi connectivity index (χ0) is 26.8. The zero-order valence-corrected chi connectivity index (χ0v) is 22.0. The number of ether oxygens (including phenoxy) is 1. The topological polar surface area (TPSA) is 133 Å². The van der Waals surface area contributed by atoms with Crippen LogP contribution in [-0.2, 0) is 20.0 Å². The van der Waals surface area contributed by atoms with Crippen LogP contribution < -0.4 is 9.46 Å². The number of hydrogen-bond acceptors (Lipinski definition) is 7. The molecule has 0 fully saturated rings. The molecule has 0 radical (unpaired) electrons. The summed E-state index contributed by atoms with van der Waals surface area (Å²) < 4.78 is 72.3. The second kappa shape index (κ2) is 10.7. The number of nitrogens with zero attached hydrogens (tertiary/aromatic N) is 2. The Bertz CT molecular complexity index is 1320. The third-order valence-electron chi connectivity index (χ3n) is 5.93. The molecule has 13 heteroatoms. The zero-order valence-electron chi connectivity index (χ0n) is 20.4. The van der Waals surface area contributed by atoms with Gasteiger partial charge in [0.25, 0.3) is 5.91 Å². The van der Waals surface area contributed by atoms with Gasteiger partial charge in [-0.1, -0.05) is 6.92 Å². The van der Waals surface area contributed by atoms with Crippen molar-refractivity contribution >= 4 is 31.6 Å². The van der Waals surface area contributed by atoms with E-state index in [2.05, 4.69) is 4.72 Å². The SMILES string of the molecule is C[C@H]1CN([C@@H](C)CO)C(=O)c2cc(NS(C)(=O)=O)ccc2O[C@H]1CN(C)S(=O)(=O)c1ccc(F)cc1. The summed E-state index contributed by atoms with van der Waals surface area (Å²) in [7, 11) is -6.18. The summed E-state index contributed by atoms with van der Waals surface area (Å²) in [5.74, 6) is -1.21. The Morgan fingerprint density at radius 2 is 1.83 bits per heavy atom. The Hall–Kier alpha value is -2.74. The summed E-state index contributed by atoms with van der Waals surface area (Å²) in [5.41, 5.74) is 0.232. The summed E-state index contributed by atoms with van der Waals surface area (Å²) in [6.07, 6.45) is 0.274. The van der Waals surface area contributed by atoms with Gasteiger partial charge in [-0.3, -0.25) is 9.52 Å². The number of likely N-dealkylation sites (N-methyl/N-ethyl adjacent to an activating group) is 1. The van der Waals surface area contributed by atoms with Crippen molar-refractivity contribution < 1.29 is 35.9 Å². The lowest BCUT2D eigenvalue weighted by molar-refractivity contribution is 0.0387. The minimum absolute atomic E-state index is 0.0740. The Morgan fingerprint density at radius 3 is 2.42 bits per heavy atom. The molecule has 1 aliphatic rings. The third-order valence-corrected chi connectivity index (χ3v) is 8.37. The van der Waals surface area contributed by atoms with Crippen molar-refractivity contribution in [1.29, 1.82) is 0 Å². The number of amides is 1. The Balaban J connectivity index is 1.99. The van der Waals surface area contributed by atoms with Crippen LogP contribution in [0.25, 0.3) is 0 Å². The lowest BCUT2D eigenvalue weighted by atomic mass is 9.99. The summed E-state index contributed by atoms with van der Waals surface area (Å²) >= 11 is 0. The van der Waals surface area contributed by atoms with E-state index in [9.17, 15) is 31.1 Å². The molecule has 2 aromatic rings. The number of hydrogen-bond donors (Lipinski definition) is 2. The largest absolute Gasteiger partial charge is 0.488 e. The number of rotatable bonds is 8. The lowest BCUT2D eigenvalue weighted by Gasteiger charge is -2.38. The van der Waals surface area contributed by atoms with E-state index in [1.807, 2.05) is 0 Å². The highest BCUT2D eigenvalue weighted by molar-refractivity contribution is 7.92. The fourth-order valence-corrected chi connectivity index (χ4v) is 5.59. The molecule has 198 valence electrons. The molecule has 10 nitrogen and oxygen atoms in total. The van der Waals surface area contributed by atoms with E-state index in [0.29, 0.717) is 0 Å². The molecule has 2 N–H and O–H groups in total. The number of benzene rings is 2. The molecule has 0 saturated heterocycles. The molecule has 0 unspecified atom stereocenters. The maximum Gasteiger partial charge on any atom is 0.258 e. The molecule has 0 aliphatic carbocycles. The summed E-state index contributed by atoms with van der Waals surface area (Å²) in [6, 6.07) is 8.16. The average Bonchev–Trinajstić information content (AvgIpc) is 2.80. The van der Waals surface area contributed by atoms with E-state index in [0.717, 1.165) is 22.7 Å². The van der Waals surface area contributed by atoms with Gasteiger partial charge in [0.1, 0.15) is 17.7 Å². The van der Waals surface area contributed by atoms with Gasteiger partial charge in [0.15, 0.2) is 0 Å². The summed E-state index contributed by atoms with van der Waals surface area (Å²) in [6.45, 7) is 3.24.